The Balaban J connectivity index is 1.82. The zero-order chi connectivity index (χ0) is 21.8. The molecule has 8 nitrogen and oxygen atoms in total. The Kier molecular flexibility index (Phi) is 6.48. The molecule has 3 rings (SSSR count). The van der Waals surface area contributed by atoms with E-state index in [0.717, 1.165) is 0 Å². The first-order valence-corrected chi connectivity index (χ1v) is 9.99. The number of rotatable bonds is 7. The molecule has 1 amide bonds. The zero-order valence-corrected chi connectivity index (χ0v) is 17.4. The lowest BCUT2D eigenvalue weighted by Gasteiger charge is -2.14. The summed E-state index contributed by atoms with van der Waals surface area (Å²) >= 11 is 1.28. The molecule has 0 spiro atoms. The Morgan fingerprint density at radius 2 is 2.10 bits per heavy atom. The number of guanidine groups is 1. The lowest BCUT2D eigenvalue weighted by atomic mass is 10.1. The maximum absolute atomic E-state index is 13.9. The van der Waals surface area contributed by atoms with E-state index in [1.165, 1.54) is 17.4 Å². The molecule has 3 aromatic rings. The monoisotopic (exact) mass is 430 g/mol. The fourth-order valence-electron chi connectivity index (χ4n) is 2.82. The molecule has 10 heteroatoms. The second kappa shape index (κ2) is 9.06. The molecule has 0 aliphatic rings. The molecular formula is C20H23FN6O2S. The summed E-state index contributed by atoms with van der Waals surface area (Å²) in [5, 5.41) is 12.9. The van der Waals surface area contributed by atoms with Gasteiger partial charge in [0, 0.05) is 11.3 Å². The first-order valence-electron chi connectivity index (χ1n) is 9.17. The van der Waals surface area contributed by atoms with Crippen molar-refractivity contribution in [3.05, 3.63) is 63.0 Å². The number of benzene rings is 1. The van der Waals surface area contributed by atoms with E-state index in [2.05, 4.69) is 20.3 Å². The highest BCUT2D eigenvalue weighted by molar-refractivity contribution is 7.11. The van der Waals surface area contributed by atoms with Crippen molar-refractivity contribution in [3.8, 4) is 11.3 Å². The summed E-state index contributed by atoms with van der Waals surface area (Å²) in [6.45, 7) is 3.43. The maximum Gasteiger partial charge on any atom is 0.268 e. The van der Waals surface area contributed by atoms with Crippen LogP contribution in [0.5, 0.6) is 0 Å². The van der Waals surface area contributed by atoms with Crippen LogP contribution in [0.3, 0.4) is 0 Å². The van der Waals surface area contributed by atoms with Crippen LogP contribution in [-0.4, -0.2) is 33.5 Å². The van der Waals surface area contributed by atoms with E-state index in [-0.39, 0.29) is 30.8 Å². The van der Waals surface area contributed by atoms with Gasteiger partial charge < -0.3 is 26.9 Å². The van der Waals surface area contributed by atoms with Crippen LogP contribution in [-0.2, 0) is 6.61 Å². The SMILES string of the molecule is Cc1ccc(-c2ccc(C(=O)NC(CN=C(N)N)c3nc(C)c(CO)s3)[nH]2)cc1F. The van der Waals surface area contributed by atoms with Crippen LogP contribution in [0.2, 0.25) is 0 Å². The van der Waals surface area contributed by atoms with Crippen molar-refractivity contribution >= 4 is 23.2 Å². The number of halogens is 1. The molecule has 0 aliphatic carbocycles. The Bertz CT molecular complexity index is 1090. The third-order valence-electron chi connectivity index (χ3n) is 4.53. The molecule has 7 N–H and O–H groups in total. The molecule has 2 heterocycles. The van der Waals surface area contributed by atoms with Gasteiger partial charge in [-0.1, -0.05) is 12.1 Å². The number of H-pyrrole nitrogens is 1. The van der Waals surface area contributed by atoms with Gasteiger partial charge in [0.25, 0.3) is 5.91 Å². The van der Waals surface area contributed by atoms with Crippen molar-refractivity contribution in [1.29, 1.82) is 0 Å². The van der Waals surface area contributed by atoms with Crippen molar-refractivity contribution in [2.24, 2.45) is 16.5 Å². The van der Waals surface area contributed by atoms with Crippen molar-refractivity contribution in [1.82, 2.24) is 15.3 Å². The number of nitrogens with one attached hydrogen (secondary N) is 2. The molecule has 1 atom stereocenters. The number of aromatic nitrogens is 2. The fraction of sp³-hybridized carbons (Fsp3) is 0.250. The number of thiazole rings is 1. The molecule has 0 saturated carbocycles. The number of carbonyl (C=O) groups is 1. The van der Waals surface area contributed by atoms with Gasteiger partial charge in [-0.2, -0.15) is 0 Å². The fourth-order valence-corrected chi connectivity index (χ4v) is 3.79. The Labute approximate surface area is 176 Å². The standard InChI is InChI=1S/C20H23FN6O2S/c1-10-3-4-12(7-13(10)21)14-5-6-15(26-14)18(29)27-16(8-24-20(22)23)19-25-11(2)17(9-28)30-19/h3-7,16,26,28H,8-9H2,1-2H3,(H,27,29)(H4,22,23,24). The average Bonchev–Trinajstić information content (AvgIpc) is 3.34. The van der Waals surface area contributed by atoms with Gasteiger partial charge in [0.15, 0.2) is 5.96 Å². The molecule has 2 aromatic heterocycles. The number of aromatic amines is 1. The number of nitrogens with two attached hydrogens (primary N) is 2. The molecule has 1 unspecified atom stereocenters. The van der Waals surface area contributed by atoms with Crippen molar-refractivity contribution in [2.45, 2.75) is 26.5 Å². The van der Waals surface area contributed by atoms with Gasteiger partial charge >= 0.3 is 0 Å². The van der Waals surface area contributed by atoms with E-state index < -0.39 is 6.04 Å². The number of aryl methyl sites for hydroxylation is 2. The highest BCUT2D eigenvalue weighted by Gasteiger charge is 2.21. The molecule has 0 bridgehead atoms. The van der Waals surface area contributed by atoms with E-state index >= 15 is 0 Å². The predicted octanol–water partition coefficient (Wildman–Crippen LogP) is 2.13. The molecule has 0 saturated heterocycles. The molecule has 1 aromatic carbocycles. The quantitative estimate of drug-likeness (QED) is 0.288. The Morgan fingerprint density at radius 3 is 2.73 bits per heavy atom. The predicted molar refractivity (Wildman–Crippen MR) is 115 cm³/mol. The zero-order valence-electron chi connectivity index (χ0n) is 16.6. The number of carbonyl (C=O) groups excluding carboxylic acids is 1. The first-order chi connectivity index (χ1) is 14.3. The summed E-state index contributed by atoms with van der Waals surface area (Å²) in [5.74, 6) is -0.805. The summed E-state index contributed by atoms with van der Waals surface area (Å²) in [6.07, 6.45) is 0. The van der Waals surface area contributed by atoms with Crippen LogP contribution in [0.25, 0.3) is 11.3 Å². The minimum absolute atomic E-state index is 0.0998. The van der Waals surface area contributed by atoms with Gasteiger partial charge in [-0.3, -0.25) is 9.79 Å². The number of hydrogen-bond acceptors (Lipinski definition) is 5. The van der Waals surface area contributed by atoms with Crippen molar-refractivity contribution in [3.63, 3.8) is 0 Å². The van der Waals surface area contributed by atoms with E-state index in [4.69, 9.17) is 11.5 Å². The van der Waals surface area contributed by atoms with Crippen LogP contribution in [0, 0.1) is 19.7 Å². The second-order valence-corrected chi connectivity index (χ2v) is 7.88. The van der Waals surface area contributed by atoms with E-state index in [0.29, 0.717) is 38.1 Å². The number of hydrogen-bond donors (Lipinski definition) is 5. The highest BCUT2D eigenvalue weighted by atomic mass is 32.1. The van der Waals surface area contributed by atoms with Crippen LogP contribution < -0.4 is 16.8 Å². The third kappa shape index (κ3) is 4.84. The number of aliphatic hydroxyl groups excluding tert-OH is 1. The molecule has 158 valence electrons. The largest absolute Gasteiger partial charge is 0.391 e. The van der Waals surface area contributed by atoms with Crippen LogP contribution >= 0.6 is 11.3 Å². The summed E-state index contributed by atoms with van der Waals surface area (Å²) in [4.78, 5) is 24.9. The van der Waals surface area contributed by atoms with Crippen LogP contribution in [0.1, 0.15) is 37.7 Å². The minimum Gasteiger partial charge on any atom is -0.391 e. The maximum atomic E-state index is 13.9. The van der Waals surface area contributed by atoms with Gasteiger partial charge in [-0.05, 0) is 37.6 Å². The first kappa shape index (κ1) is 21.5. The molecule has 0 aliphatic heterocycles. The topological polar surface area (TPSA) is 142 Å². The molecule has 0 fully saturated rings. The third-order valence-corrected chi connectivity index (χ3v) is 5.78. The number of aliphatic hydroxyl groups is 1. The summed E-state index contributed by atoms with van der Waals surface area (Å²) < 4.78 is 13.9. The van der Waals surface area contributed by atoms with E-state index in [1.807, 2.05) is 0 Å². The van der Waals surface area contributed by atoms with Gasteiger partial charge in [-0.25, -0.2) is 9.37 Å². The summed E-state index contributed by atoms with van der Waals surface area (Å²) in [7, 11) is 0. The second-order valence-electron chi connectivity index (χ2n) is 6.76. The van der Waals surface area contributed by atoms with Crippen LogP contribution in [0.15, 0.2) is 35.3 Å². The summed E-state index contributed by atoms with van der Waals surface area (Å²) in [6, 6.07) is 7.63. The summed E-state index contributed by atoms with van der Waals surface area (Å²) in [5.41, 5.74) is 13.7. The number of nitrogens with zero attached hydrogens (tertiary/aromatic N) is 2. The van der Waals surface area contributed by atoms with Crippen molar-refractivity contribution in [2.75, 3.05) is 6.54 Å². The van der Waals surface area contributed by atoms with Gasteiger partial charge in [-0.15, -0.1) is 11.3 Å². The average molecular weight is 431 g/mol. The lowest BCUT2D eigenvalue weighted by molar-refractivity contribution is 0.0933. The number of amides is 1. The molecule has 0 radical (unpaired) electrons. The van der Waals surface area contributed by atoms with E-state index in [9.17, 15) is 14.3 Å². The molecule has 30 heavy (non-hydrogen) atoms. The highest BCUT2D eigenvalue weighted by Crippen LogP contribution is 2.25. The Morgan fingerprint density at radius 1 is 1.33 bits per heavy atom. The van der Waals surface area contributed by atoms with E-state index in [1.54, 1.807) is 38.1 Å². The van der Waals surface area contributed by atoms with Crippen molar-refractivity contribution < 1.29 is 14.3 Å². The minimum atomic E-state index is -0.577. The molecular weight excluding hydrogens is 407 g/mol. The number of aliphatic imine (C=N–C) groups is 1. The van der Waals surface area contributed by atoms with Crippen LogP contribution in [0.4, 0.5) is 4.39 Å². The Hall–Kier alpha value is -3.24. The smallest absolute Gasteiger partial charge is 0.268 e. The lowest BCUT2D eigenvalue weighted by Crippen LogP contribution is -2.32. The van der Waals surface area contributed by atoms with Gasteiger partial charge in [0.05, 0.1) is 23.7 Å². The van der Waals surface area contributed by atoms with Gasteiger partial charge in [0.1, 0.15) is 22.6 Å². The van der Waals surface area contributed by atoms with Gasteiger partial charge in [0.2, 0.25) is 0 Å². The normalized spacial score (nSPS) is 11.9.